The minimum absolute atomic E-state index is 0.0837. The monoisotopic (exact) mass is 296 g/mol. The molecule has 3 unspecified atom stereocenters. The number of aliphatic hydroxyl groups excluding tert-OH is 3. The number of hydrogen-bond donors (Lipinski definition) is 4. The minimum Gasteiger partial charge on any atom is -0.394 e. The molecule has 21 heavy (non-hydrogen) atoms. The molecule has 0 radical (unpaired) electrons. The number of fused-ring (bicyclic) bond motifs is 1. The summed E-state index contributed by atoms with van der Waals surface area (Å²) in [6, 6.07) is 0. The van der Waals surface area contributed by atoms with Crippen LogP contribution >= 0.6 is 0 Å². The number of anilines is 1. The lowest BCUT2D eigenvalue weighted by Gasteiger charge is -2.14. The molecule has 1 fully saturated rings. The Bertz CT molecular complexity index is 518. The van der Waals surface area contributed by atoms with Gasteiger partial charge in [-0.05, 0) is 6.42 Å². The molecule has 2 aliphatic heterocycles. The molecule has 0 saturated carbocycles. The molecule has 4 atom stereocenters. The highest BCUT2D eigenvalue weighted by molar-refractivity contribution is 5.76. The van der Waals surface area contributed by atoms with Gasteiger partial charge in [0, 0.05) is 13.0 Å². The van der Waals surface area contributed by atoms with Crippen molar-refractivity contribution in [2.45, 2.75) is 43.8 Å². The van der Waals surface area contributed by atoms with E-state index in [1.165, 1.54) is 0 Å². The largest absolute Gasteiger partial charge is 0.394 e. The van der Waals surface area contributed by atoms with Crippen LogP contribution in [0.15, 0.2) is 11.3 Å². The third-order valence-electron chi connectivity index (χ3n) is 3.93. The molecular weight excluding hydrogens is 276 g/mol. The first-order valence-electron chi connectivity index (χ1n) is 7.11. The molecule has 1 aromatic rings. The molecule has 0 amide bonds. The number of nitrogens with zero attached hydrogens (tertiary/aromatic N) is 3. The Kier molecular flexibility index (Phi) is 4.20. The van der Waals surface area contributed by atoms with Crippen molar-refractivity contribution in [3.63, 3.8) is 0 Å². The lowest BCUT2D eigenvalue weighted by Crippen LogP contribution is -2.24. The Balaban J connectivity index is 1.63. The first-order chi connectivity index (χ1) is 10.2. The maximum atomic E-state index is 9.92. The summed E-state index contributed by atoms with van der Waals surface area (Å²) in [6.07, 6.45) is 2.59. The summed E-state index contributed by atoms with van der Waals surface area (Å²) in [5.41, 5.74) is 0.591. The maximum Gasteiger partial charge on any atom is 0.137 e. The number of rotatable bonds is 4. The van der Waals surface area contributed by atoms with Crippen molar-refractivity contribution in [2.75, 3.05) is 18.5 Å². The number of nitrogens with one attached hydrogen (secondary N) is 1. The Morgan fingerprint density at radius 1 is 1.43 bits per heavy atom. The third kappa shape index (κ3) is 2.93. The maximum absolute atomic E-state index is 9.92. The van der Waals surface area contributed by atoms with Crippen LogP contribution < -0.4 is 5.32 Å². The van der Waals surface area contributed by atoms with E-state index in [2.05, 4.69) is 15.3 Å². The minimum atomic E-state index is -0.698. The van der Waals surface area contributed by atoms with Crippen LogP contribution in [0.2, 0.25) is 0 Å². The number of aliphatic hydroxyl groups is 3. The molecule has 4 N–H and O–H groups in total. The summed E-state index contributed by atoms with van der Waals surface area (Å²) < 4.78 is 7.48. The lowest BCUT2D eigenvalue weighted by atomic mass is 10.1. The second-order valence-electron chi connectivity index (χ2n) is 5.40. The average Bonchev–Trinajstić information content (AvgIpc) is 2.99. The van der Waals surface area contributed by atoms with Gasteiger partial charge in [-0.3, -0.25) is 4.99 Å². The molecule has 116 valence electrons. The first-order valence-corrected chi connectivity index (χ1v) is 7.11. The predicted octanol–water partition coefficient (Wildman–Crippen LogP) is -0.729. The fourth-order valence-electron chi connectivity index (χ4n) is 2.76. The van der Waals surface area contributed by atoms with Crippen LogP contribution in [0.1, 0.15) is 24.6 Å². The Morgan fingerprint density at radius 2 is 2.29 bits per heavy atom. The zero-order valence-electron chi connectivity index (χ0n) is 11.6. The summed E-state index contributed by atoms with van der Waals surface area (Å²) >= 11 is 0. The standard InChI is InChI=1S/C13H20N4O4/c18-5-11-9(19)3-8(21-11)1-2-17-7-16-12-10(20)4-14-6-15-13(12)17/h6-11,18-20H,1-5H2,(H,14,15)/t8?,9?,10-,11?/m1/s1. The van der Waals surface area contributed by atoms with Gasteiger partial charge >= 0.3 is 0 Å². The topological polar surface area (TPSA) is 112 Å². The van der Waals surface area contributed by atoms with Crippen LogP contribution in [-0.2, 0) is 11.3 Å². The van der Waals surface area contributed by atoms with Gasteiger partial charge in [0.15, 0.2) is 0 Å². The molecular formula is C13H20N4O4. The lowest BCUT2D eigenvalue weighted by molar-refractivity contribution is -0.0245. The summed E-state index contributed by atoms with van der Waals surface area (Å²) in [4.78, 5) is 8.25. The van der Waals surface area contributed by atoms with Crippen molar-refractivity contribution >= 4 is 12.2 Å². The van der Waals surface area contributed by atoms with E-state index in [-0.39, 0.29) is 12.7 Å². The number of aryl methyl sites for hydroxylation is 1. The fourth-order valence-corrected chi connectivity index (χ4v) is 2.76. The van der Waals surface area contributed by atoms with E-state index in [1.54, 1.807) is 12.7 Å². The third-order valence-corrected chi connectivity index (χ3v) is 3.93. The highest BCUT2D eigenvalue weighted by atomic mass is 16.5. The normalized spacial score (nSPS) is 31.8. The second-order valence-corrected chi connectivity index (χ2v) is 5.40. The number of ether oxygens (including phenoxy) is 1. The van der Waals surface area contributed by atoms with Crippen LogP contribution in [0.5, 0.6) is 0 Å². The molecule has 0 bridgehead atoms. The average molecular weight is 296 g/mol. The molecule has 3 heterocycles. The molecule has 3 rings (SSSR count). The molecule has 0 aliphatic carbocycles. The quantitative estimate of drug-likeness (QED) is 0.583. The van der Waals surface area contributed by atoms with E-state index in [4.69, 9.17) is 9.84 Å². The Hall–Kier alpha value is -1.48. The number of aromatic nitrogens is 2. The van der Waals surface area contributed by atoms with E-state index in [9.17, 15) is 10.2 Å². The summed E-state index contributed by atoms with van der Waals surface area (Å²) in [5, 5.41) is 31.7. The van der Waals surface area contributed by atoms with Gasteiger partial charge in [0.25, 0.3) is 0 Å². The van der Waals surface area contributed by atoms with Crippen molar-refractivity contribution in [3.05, 3.63) is 12.0 Å². The molecule has 1 aromatic heterocycles. The van der Waals surface area contributed by atoms with Crippen LogP contribution in [0.25, 0.3) is 0 Å². The molecule has 0 spiro atoms. The Labute approximate surface area is 122 Å². The van der Waals surface area contributed by atoms with Crippen molar-refractivity contribution < 1.29 is 20.1 Å². The summed E-state index contributed by atoms with van der Waals surface area (Å²) in [6.45, 7) is 0.779. The van der Waals surface area contributed by atoms with E-state index in [1.807, 2.05) is 4.57 Å². The Morgan fingerprint density at radius 3 is 3.05 bits per heavy atom. The van der Waals surface area contributed by atoms with Gasteiger partial charge in [-0.1, -0.05) is 0 Å². The highest BCUT2D eigenvalue weighted by Crippen LogP contribution is 2.26. The highest BCUT2D eigenvalue weighted by Gasteiger charge is 2.33. The van der Waals surface area contributed by atoms with Gasteiger partial charge in [-0.2, -0.15) is 0 Å². The molecule has 0 aromatic carbocycles. The predicted molar refractivity (Wildman–Crippen MR) is 75.2 cm³/mol. The van der Waals surface area contributed by atoms with Gasteiger partial charge in [0.2, 0.25) is 0 Å². The van der Waals surface area contributed by atoms with Gasteiger partial charge in [0.05, 0.1) is 38.0 Å². The molecule has 2 aliphatic rings. The van der Waals surface area contributed by atoms with Crippen molar-refractivity contribution in [3.8, 4) is 0 Å². The van der Waals surface area contributed by atoms with Gasteiger partial charge in [0.1, 0.15) is 23.7 Å². The summed E-state index contributed by atoms with van der Waals surface area (Å²) in [5.74, 6) is 0.737. The van der Waals surface area contributed by atoms with Crippen LogP contribution in [0.3, 0.4) is 0 Å². The van der Waals surface area contributed by atoms with E-state index < -0.39 is 18.3 Å². The van der Waals surface area contributed by atoms with E-state index >= 15 is 0 Å². The smallest absolute Gasteiger partial charge is 0.137 e. The van der Waals surface area contributed by atoms with Crippen LogP contribution in [0.4, 0.5) is 5.82 Å². The van der Waals surface area contributed by atoms with Crippen molar-refractivity contribution in [1.29, 1.82) is 0 Å². The van der Waals surface area contributed by atoms with Crippen molar-refractivity contribution in [1.82, 2.24) is 9.55 Å². The second kappa shape index (κ2) is 6.10. The van der Waals surface area contributed by atoms with Gasteiger partial charge in [-0.25, -0.2) is 4.98 Å². The van der Waals surface area contributed by atoms with Gasteiger partial charge < -0.3 is 29.9 Å². The first kappa shape index (κ1) is 14.5. The van der Waals surface area contributed by atoms with E-state index in [0.29, 0.717) is 31.6 Å². The zero-order valence-corrected chi connectivity index (χ0v) is 11.6. The number of aliphatic imine (C=N–C) groups is 1. The number of imidazole rings is 1. The SMILES string of the molecule is OCC1OC(CCn2cnc3c2NC=NC[C@H]3O)CC1O. The fraction of sp³-hybridized carbons (Fsp3) is 0.692. The van der Waals surface area contributed by atoms with Crippen molar-refractivity contribution in [2.24, 2.45) is 4.99 Å². The molecule has 1 saturated heterocycles. The van der Waals surface area contributed by atoms with E-state index in [0.717, 1.165) is 5.82 Å². The molecule has 8 heteroatoms. The summed E-state index contributed by atoms with van der Waals surface area (Å²) in [7, 11) is 0. The number of hydrogen-bond acceptors (Lipinski definition) is 7. The van der Waals surface area contributed by atoms with Gasteiger partial charge in [-0.15, -0.1) is 0 Å². The molecule has 8 nitrogen and oxygen atoms in total. The zero-order chi connectivity index (χ0) is 14.8. The van der Waals surface area contributed by atoms with Crippen LogP contribution in [0, 0.1) is 0 Å². The van der Waals surface area contributed by atoms with Crippen LogP contribution in [-0.4, -0.2) is 62.7 Å².